The van der Waals surface area contributed by atoms with Gasteiger partial charge in [0.05, 0.1) is 31.5 Å². The first kappa shape index (κ1) is 24.7. The predicted molar refractivity (Wildman–Crippen MR) is 134 cm³/mol. The maximum atomic E-state index is 13.9. The van der Waals surface area contributed by atoms with Gasteiger partial charge in [-0.3, -0.25) is 4.79 Å². The van der Waals surface area contributed by atoms with E-state index in [4.69, 9.17) is 9.47 Å². The number of aryl methyl sites for hydroxylation is 1. The molecule has 2 N–H and O–H groups in total. The molecule has 0 bridgehead atoms. The molecule has 4 rings (SSSR count). The first-order chi connectivity index (χ1) is 16.8. The van der Waals surface area contributed by atoms with E-state index in [1.165, 1.54) is 13.2 Å². The molecule has 0 radical (unpaired) electrons. The summed E-state index contributed by atoms with van der Waals surface area (Å²) in [4.78, 5) is 24.9. The number of amides is 1. The number of nitrogens with zero attached hydrogens (tertiary/aromatic N) is 3. The van der Waals surface area contributed by atoms with Gasteiger partial charge in [0.2, 0.25) is 5.88 Å². The van der Waals surface area contributed by atoms with Gasteiger partial charge in [-0.15, -0.1) is 0 Å². The fraction of sp³-hybridized carbons (Fsp3) is 0.423. The van der Waals surface area contributed by atoms with E-state index in [0.29, 0.717) is 23.0 Å². The number of nitrogens with one attached hydrogen (secondary N) is 2. The second kappa shape index (κ2) is 10.4. The van der Waals surface area contributed by atoms with Crippen LogP contribution >= 0.6 is 0 Å². The summed E-state index contributed by atoms with van der Waals surface area (Å²) in [6, 6.07) is 6.54. The van der Waals surface area contributed by atoms with Crippen LogP contribution in [0, 0.1) is 12.7 Å². The molecule has 186 valence electrons. The number of aromatic nitrogens is 2. The van der Waals surface area contributed by atoms with Gasteiger partial charge in [-0.05, 0) is 51.0 Å². The molecule has 35 heavy (non-hydrogen) atoms. The van der Waals surface area contributed by atoms with Crippen molar-refractivity contribution in [2.45, 2.75) is 39.3 Å². The van der Waals surface area contributed by atoms with Crippen molar-refractivity contribution >= 4 is 22.5 Å². The third kappa shape index (κ3) is 5.14. The van der Waals surface area contributed by atoms with Gasteiger partial charge >= 0.3 is 0 Å². The van der Waals surface area contributed by atoms with Crippen molar-refractivity contribution in [2.24, 2.45) is 0 Å². The molecule has 8 nitrogen and oxygen atoms in total. The first-order valence-electron chi connectivity index (χ1n) is 11.8. The molecule has 0 aliphatic carbocycles. The SMILES string of the molecule is COc1cc([C@H](C)NC(=O)c2cnc3c(OC)nc(C)cc3c2N2CCN[C@@H](C)CC2)ccc1F. The molecular formula is C26H32FN5O3. The lowest BCUT2D eigenvalue weighted by molar-refractivity contribution is 0.0940. The molecule has 2 atom stereocenters. The molecule has 0 saturated carbocycles. The number of halogens is 1. The molecule has 0 spiro atoms. The van der Waals surface area contributed by atoms with Crippen molar-refractivity contribution < 1.29 is 18.7 Å². The molecule has 1 fully saturated rings. The second-order valence-corrected chi connectivity index (χ2v) is 8.91. The van der Waals surface area contributed by atoms with Crippen molar-refractivity contribution in [3.8, 4) is 11.6 Å². The van der Waals surface area contributed by atoms with Crippen LogP contribution in [-0.4, -0.2) is 55.8 Å². The van der Waals surface area contributed by atoms with E-state index in [1.807, 2.05) is 19.9 Å². The molecular weight excluding hydrogens is 449 g/mol. The summed E-state index contributed by atoms with van der Waals surface area (Å²) in [5.74, 6) is -0.138. The van der Waals surface area contributed by atoms with E-state index < -0.39 is 5.82 Å². The maximum absolute atomic E-state index is 13.9. The smallest absolute Gasteiger partial charge is 0.255 e. The van der Waals surface area contributed by atoms with Gasteiger partial charge in [-0.1, -0.05) is 6.07 Å². The van der Waals surface area contributed by atoms with E-state index in [0.717, 1.165) is 48.4 Å². The summed E-state index contributed by atoms with van der Waals surface area (Å²) in [5.41, 5.74) is 3.42. The van der Waals surface area contributed by atoms with Crippen molar-refractivity contribution in [1.29, 1.82) is 0 Å². The number of fused-ring (bicyclic) bond motifs is 1. The van der Waals surface area contributed by atoms with Crippen LogP contribution in [0.2, 0.25) is 0 Å². The largest absolute Gasteiger partial charge is 0.494 e. The quantitative estimate of drug-likeness (QED) is 0.554. The topological polar surface area (TPSA) is 88.6 Å². The molecule has 9 heteroatoms. The number of hydrogen-bond acceptors (Lipinski definition) is 7. The van der Waals surface area contributed by atoms with Crippen molar-refractivity contribution in [2.75, 3.05) is 38.8 Å². The molecule has 1 saturated heterocycles. The highest BCUT2D eigenvalue weighted by Crippen LogP contribution is 2.35. The number of pyridine rings is 2. The number of rotatable bonds is 6. The Bertz CT molecular complexity index is 1240. The van der Waals surface area contributed by atoms with E-state index in [1.54, 1.807) is 25.4 Å². The zero-order valence-electron chi connectivity index (χ0n) is 20.8. The summed E-state index contributed by atoms with van der Waals surface area (Å²) in [5, 5.41) is 7.38. The molecule has 3 aromatic rings. The number of carbonyl (C=O) groups excluding carboxylic acids is 1. The monoisotopic (exact) mass is 481 g/mol. The van der Waals surface area contributed by atoms with Gasteiger partial charge < -0.3 is 25.0 Å². The number of ether oxygens (including phenoxy) is 2. The van der Waals surface area contributed by atoms with Crippen molar-refractivity contribution in [3.63, 3.8) is 0 Å². The molecule has 1 aliphatic rings. The third-order valence-corrected chi connectivity index (χ3v) is 6.41. The van der Waals surface area contributed by atoms with Gasteiger partial charge in [0.15, 0.2) is 11.6 Å². The maximum Gasteiger partial charge on any atom is 0.255 e. The lowest BCUT2D eigenvalue weighted by Crippen LogP contribution is -2.33. The Labute approximate surface area is 204 Å². The summed E-state index contributed by atoms with van der Waals surface area (Å²) < 4.78 is 24.5. The summed E-state index contributed by atoms with van der Waals surface area (Å²) >= 11 is 0. The Morgan fingerprint density at radius 2 is 2.06 bits per heavy atom. The average molecular weight is 482 g/mol. The van der Waals surface area contributed by atoms with Crippen LogP contribution in [0.25, 0.3) is 10.9 Å². The normalized spacial score (nSPS) is 17.1. The zero-order valence-corrected chi connectivity index (χ0v) is 20.8. The Morgan fingerprint density at radius 3 is 2.80 bits per heavy atom. The summed E-state index contributed by atoms with van der Waals surface area (Å²) in [6.45, 7) is 8.26. The van der Waals surface area contributed by atoms with E-state index in [9.17, 15) is 9.18 Å². The number of benzene rings is 1. The lowest BCUT2D eigenvalue weighted by atomic mass is 10.0. The minimum Gasteiger partial charge on any atom is -0.494 e. The van der Waals surface area contributed by atoms with Crippen molar-refractivity contribution in [3.05, 3.63) is 53.1 Å². The van der Waals surface area contributed by atoms with E-state index in [2.05, 4.69) is 32.4 Å². The van der Waals surface area contributed by atoms with Crippen LogP contribution in [-0.2, 0) is 0 Å². The van der Waals surface area contributed by atoms with Gasteiger partial charge in [0.1, 0.15) is 5.52 Å². The molecule has 3 heterocycles. The fourth-order valence-corrected chi connectivity index (χ4v) is 4.46. The van der Waals surface area contributed by atoms with Gasteiger partial charge in [-0.25, -0.2) is 14.4 Å². The zero-order chi connectivity index (χ0) is 25.1. The van der Waals surface area contributed by atoms with E-state index in [-0.39, 0.29) is 17.7 Å². The molecule has 1 amide bonds. The Hall–Kier alpha value is -3.46. The third-order valence-electron chi connectivity index (χ3n) is 6.41. The number of anilines is 1. The Morgan fingerprint density at radius 1 is 1.26 bits per heavy atom. The van der Waals surface area contributed by atoms with Gasteiger partial charge in [0.25, 0.3) is 5.91 Å². The van der Waals surface area contributed by atoms with Crippen LogP contribution < -0.4 is 25.0 Å². The number of hydrogen-bond donors (Lipinski definition) is 2. The van der Waals surface area contributed by atoms with Crippen molar-refractivity contribution in [1.82, 2.24) is 20.6 Å². The highest BCUT2D eigenvalue weighted by atomic mass is 19.1. The highest BCUT2D eigenvalue weighted by Gasteiger charge is 2.25. The van der Waals surface area contributed by atoms with Gasteiger partial charge in [-0.2, -0.15) is 0 Å². The minimum atomic E-state index is -0.447. The van der Waals surface area contributed by atoms with Crippen LogP contribution in [0.4, 0.5) is 10.1 Å². The van der Waals surface area contributed by atoms with E-state index >= 15 is 0 Å². The predicted octanol–water partition coefficient (Wildman–Crippen LogP) is 3.77. The van der Waals surface area contributed by atoms with Gasteiger partial charge in [0, 0.05) is 43.0 Å². The lowest BCUT2D eigenvalue weighted by Gasteiger charge is -2.27. The summed E-state index contributed by atoms with van der Waals surface area (Å²) in [6.07, 6.45) is 2.53. The Kier molecular flexibility index (Phi) is 7.35. The van der Waals surface area contributed by atoms with Crippen LogP contribution in [0.5, 0.6) is 11.6 Å². The Balaban J connectivity index is 1.76. The van der Waals surface area contributed by atoms with Crippen LogP contribution in [0.15, 0.2) is 30.5 Å². The average Bonchev–Trinajstić information content (AvgIpc) is 3.06. The standard InChI is InChI=1S/C26H32FN5O3/c1-15-8-10-32(11-9-28-15)24-19-12-16(2)30-26(35-5)23(19)29-14-20(24)25(33)31-17(3)18-6-7-21(27)22(13-18)34-4/h6-7,12-15,17,28H,8-11H2,1-5H3,(H,31,33)/t15-,17-/m0/s1. The second-order valence-electron chi connectivity index (χ2n) is 8.91. The molecule has 0 unspecified atom stereocenters. The molecule has 1 aliphatic heterocycles. The number of carbonyl (C=O) groups is 1. The first-order valence-corrected chi connectivity index (χ1v) is 11.8. The number of methoxy groups -OCH3 is 2. The molecule has 2 aromatic heterocycles. The van der Waals surface area contributed by atoms with Crippen LogP contribution in [0.1, 0.15) is 47.9 Å². The minimum absolute atomic E-state index is 0.137. The fourth-order valence-electron chi connectivity index (χ4n) is 4.46. The van der Waals surface area contributed by atoms with Crippen LogP contribution in [0.3, 0.4) is 0 Å². The molecule has 1 aromatic carbocycles. The highest BCUT2D eigenvalue weighted by molar-refractivity contribution is 6.08. The summed E-state index contributed by atoms with van der Waals surface area (Å²) in [7, 11) is 2.99.